The maximum atomic E-state index is 6.02. The fourth-order valence-corrected chi connectivity index (χ4v) is 2.01. The van der Waals surface area contributed by atoms with Crippen LogP contribution in [0.1, 0.15) is 11.5 Å². The summed E-state index contributed by atoms with van der Waals surface area (Å²) in [5.74, 6) is 1.32. The Morgan fingerprint density at radius 2 is 2.14 bits per heavy atom. The van der Waals surface area contributed by atoms with Gasteiger partial charge in [0.25, 0.3) is 0 Å². The Morgan fingerprint density at radius 1 is 1.36 bits per heavy atom. The van der Waals surface area contributed by atoms with Crippen LogP contribution in [0, 0.1) is 0 Å². The fraction of sp³-hybridized carbons (Fsp3) is 0.455. The van der Waals surface area contributed by atoms with Gasteiger partial charge in [0.2, 0.25) is 0 Å². The molecule has 1 heterocycles. The van der Waals surface area contributed by atoms with Crippen molar-refractivity contribution in [1.29, 1.82) is 0 Å². The lowest BCUT2D eigenvalue weighted by Gasteiger charge is -2.17. The number of rotatable bonds is 2. The number of hydrogen-bond acceptors (Lipinski definition) is 3. The molecular weight excluding hydrogens is 176 g/mol. The van der Waals surface area contributed by atoms with Crippen LogP contribution in [-0.4, -0.2) is 26.2 Å². The van der Waals surface area contributed by atoms with E-state index in [9.17, 15) is 0 Å². The summed E-state index contributed by atoms with van der Waals surface area (Å²) < 4.78 is 5.32. The van der Waals surface area contributed by atoms with E-state index in [0.717, 1.165) is 18.8 Å². The van der Waals surface area contributed by atoms with Crippen molar-refractivity contribution < 1.29 is 4.74 Å². The van der Waals surface area contributed by atoms with Gasteiger partial charge in [-0.2, -0.15) is 0 Å². The second kappa shape index (κ2) is 3.98. The van der Waals surface area contributed by atoms with Crippen molar-refractivity contribution in [3.8, 4) is 5.75 Å². The summed E-state index contributed by atoms with van der Waals surface area (Å²) in [7, 11) is 1.70. The Kier molecular flexibility index (Phi) is 2.70. The second-order valence-corrected chi connectivity index (χ2v) is 3.67. The zero-order valence-corrected chi connectivity index (χ0v) is 8.36. The molecule has 2 unspecified atom stereocenters. The molecule has 0 bridgehead atoms. The molecule has 14 heavy (non-hydrogen) atoms. The first-order chi connectivity index (χ1) is 6.83. The van der Waals surface area contributed by atoms with Crippen molar-refractivity contribution >= 4 is 0 Å². The van der Waals surface area contributed by atoms with Gasteiger partial charge >= 0.3 is 0 Å². The molecule has 2 atom stereocenters. The molecule has 3 nitrogen and oxygen atoms in total. The van der Waals surface area contributed by atoms with E-state index < -0.39 is 0 Å². The average Bonchev–Trinajstić information content (AvgIpc) is 2.64. The minimum atomic E-state index is 0.200. The summed E-state index contributed by atoms with van der Waals surface area (Å²) in [5.41, 5.74) is 7.23. The third-order valence-corrected chi connectivity index (χ3v) is 2.80. The molecule has 3 N–H and O–H groups in total. The molecule has 2 rings (SSSR count). The first-order valence-corrected chi connectivity index (χ1v) is 4.92. The van der Waals surface area contributed by atoms with Crippen LogP contribution in [-0.2, 0) is 0 Å². The molecule has 0 aromatic heterocycles. The summed E-state index contributed by atoms with van der Waals surface area (Å²) >= 11 is 0. The van der Waals surface area contributed by atoms with Gasteiger partial charge < -0.3 is 15.8 Å². The number of para-hydroxylation sites is 1. The lowest BCUT2D eigenvalue weighted by Crippen LogP contribution is -2.27. The van der Waals surface area contributed by atoms with Crippen LogP contribution in [0.2, 0.25) is 0 Å². The minimum Gasteiger partial charge on any atom is -0.496 e. The predicted octanol–water partition coefficient (Wildman–Crippen LogP) is 0.709. The van der Waals surface area contributed by atoms with Crippen LogP contribution in [0.5, 0.6) is 5.75 Å². The molecule has 1 aromatic rings. The quantitative estimate of drug-likeness (QED) is 0.725. The Hall–Kier alpha value is -1.06. The van der Waals surface area contributed by atoms with E-state index in [-0.39, 0.29) is 6.04 Å². The standard InChI is InChI=1S/C11H16N2O/c1-14-11-5-3-2-4-8(11)9-6-13-7-10(9)12/h2-5,9-10,13H,6-7,12H2,1H3. The number of nitrogens with two attached hydrogens (primary N) is 1. The first kappa shape index (κ1) is 9.49. The monoisotopic (exact) mass is 192 g/mol. The number of hydrogen-bond donors (Lipinski definition) is 2. The van der Waals surface area contributed by atoms with E-state index >= 15 is 0 Å². The van der Waals surface area contributed by atoms with Crippen LogP contribution >= 0.6 is 0 Å². The van der Waals surface area contributed by atoms with E-state index in [2.05, 4.69) is 11.4 Å². The molecular formula is C11H16N2O. The van der Waals surface area contributed by atoms with Gasteiger partial charge in [0, 0.05) is 30.6 Å². The largest absolute Gasteiger partial charge is 0.496 e. The van der Waals surface area contributed by atoms with Crippen LogP contribution in [0.4, 0.5) is 0 Å². The molecule has 0 aliphatic carbocycles. The number of nitrogens with one attached hydrogen (secondary N) is 1. The molecule has 0 radical (unpaired) electrons. The zero-order chi connectivity index (χ0) is 9.97. The van der Waals surface area contributed by atoms with Gasteiger partial charge in [0.1, 0.15) is 5.75 Å². The third kappa shape index (κ3) is 1.61. The Balaban J connectivity index is 2.30. The van der Waals surface area contributed by atoms with Crippen LogP contribution in [0.15, 0.2) is 24.3 Å². The highest BCUT2D eigenvalue weighted by molar-refractivity contribution is 5.38. The van der Waals surface area contributed by atoms with Crippen LogP contribution < -0.4 is 15.8 Å². The predicted molar refractivity (Wildman–Crippen MR) is 56.6 cm³/mol. The molecule has 1 fully saturated rings. The van der Waals surface area contributed by atoms with Crippen molar-refractivity contribution in [2.75, 3.05) is 20.2 Å². The van der Waals surface area contributed by atoms with E-state index in [4.69, 9.17) is 10.5 Å². The zero-order valence-electron chi connectivity index (χ0n) is 8.36. The Morgan fingerprint density at radius 3 is 2.79 bits per heavy atom. The normalized spacial score (nSPS) is 26.4. The molecule has 3 heteroatoms. The van der Waals surface area contributed by atoms with Gasteiger partial charge in [-0.1, -0.05) is 18.2 Å². The lowest BCUT2D eigenvalue weighted by molar-refractivity contribution is 0.404. The fourth-order valence-electron chi connectivity index (χ4n) is 2.01. The van der Waals surface area contributed by atoms with E-state index in [1.54, 1.807) is 7.11 Å². The van der Waals surface area contributed by atoms with Crippen molar-refractivity contribution in [2.24, 2.45) is 5.73 Å². The Bertz CT molecular complexity index is 314. The Labute approximate surface area is 84.3 Å². The van der Waals surface area contributed by atoms with Gasteiger partial charge in [-0.3, -0.25) is 0 Å². The van der Waals surface area contributed by atoms with E-state index in [1.807, 2.05) is 18.2 Å². The summed E-state index contributed by atoms with van der Waals surface area (Å²) in [6.07, 6.45) is 0. The maximum absolute atomic E-state index is 6.02. The number of ether oxygens (including phenoxy) is 1. The number of benzene rings is 1. The van der Waals surface area contributed by atoms with Gasteiger partial charge in [-0.15, -0.1) is 0 Å². The molecule has 0 spiro atoms. The van der Waals surface area contributed by atoms with Gasteiger partial charge in [-0.05, 0) is 6.07 Å². The van der Waals surface area contributed by atoms with Gasteiger partial charge in [0.15, 0.2) is 0 Å². The van der Waals surface area contributed by atoms with Crippen molar-refractivity contribution in [1.82, 2.24) is 5.32 Å². The average molecular weight is 192 g/mol. The minimum absolute atomic E-state index is 0.200. The number of methoxy groups -OCH3 is 1. The summed E-state index contributed by atoms with van der Waals surface area (Å²) in [6.45, 7) is 1.84. The second-order valence-electron chi connectivity index (χ2n) is 3.67. The van der Waals surface area contributed by atoms with Crippen molar-refractivity contribution in [2.45, 2.75) is 12.0 Å². The SMILES string of the molecule is COc1ccccc1C1CNCC1N. The molecule has 1 aromatic carbocycles. The molecule has 1 saturated heterocycles. The van der Waals surface area contributed by atoms with Crippen molar-refractivity contribution in [3.05, 3.63) is 29.8 Å². The van der Waals surface area contributed by atoms with Gasteiger partial charge in [-0.25, -0.2) is 0 Å². The van der Waals surface area contributed by atoms with Gasteiger partial charge in [0.05, 0.1) is 7.11 Å². The van der Waals surface area contributed by atoms with E-state index in [1.165, 1.54) is 5.56 Å². The molecule has 0 saturated carbocycles. The third-order valence-electron chi connectivity index (χ3n) is 2.80. The van der Waals surface area contributed by atoms with E-state index in [0.29, 0.717) is 5.92 Å². The highest BCUT2D eigenvalue weighted by atomic mass is 16.5. The van der Waals surface area contributed by atoms with Crippen LogP contribution in [0.3, 0.4) is 0 Å². The van der Waals surface area contributed by atoms with Crippen LogP contribution in [0.25, 0.3) is 0 Å². The highest BCUT2D eigenvalue weighted by Crippen LogP contribution is 2.29. The van der Waals surface area contributed by atoms with Crippen molar-refractivity contribution in [3.63, 3.8) is 0 Å². The molecule has 0 amide bonds. The maximum Gasteiger partial charge on any atom is 0.122 e. The topological polar surface area (TPSA) is 47.3 Å². The molecule has 76 valence electrons. The summed E-state index contributed by atoms with van der Waals surface area (Å²) in [5, 5.41) is 3.29. The lowest BCUT2D eigenvalue weighted by atomic mass is 9.94. The highest BCUT2D eigenvalue weighted by Gasteiger charge is 2.27. The smallest absolute Gasteiger partial charge is 0.122 e. The molecule has 1 aliphatic rings. The first-order valence-electron chi connectivity index (χ1n) is 4.92. The summed E-state index contributed by atoms with van der Waals surface area (Å²) in [4.78, 5) is 0. The summed E-state index contributed by atoms with van der Waals surface area (Å²) in [6, 6.07) is 8.29. The molecule has 1 aliphatic heterocycles.